The van der Waals surface area contributed by atoms with Crippen LogP contribution in [0.5, 0.6) is 5.75 Å². The predicted octanol–water partition coefficient (Wildman–Crippen LogP) is 5.43. The summed E-state index contributed by atoms with van der Waals surface area (Å²) in [5, 5.41) is 11.6. The van der Waals surface area contributed by atoms with Gasteiger partial charge >= 0.3 is 0 Å². The number of anilines is 2. The molecule has 0 saturated carbocycles. The summed E-state index contributed by atoms with van der Waals surface area (Å²) in [5.41, 5.74) is 4.38. The molecule has 2 atom stereocenters. The number of fused-ring (bicyclic) bond motifs is 2. The molecule has 9 rings (SSSR count). The maximum Gasteiger partial charge on any atom is 0.262 e. The third kappa shape index (κ3) is 7.22. The van der Waals surface area contributed by atoms with E-state index >= 15 is 0 Å². The second-order valence-electron chi connectivity index (χ2n) is 15.2. The molecule has 2 aromatic carbocycles. The van der Waals surface area contributed by atoms with Crippen LogP contribution in [0, 0.1) is 5.92 Å². The number of imide groups is 2. The first-order valence-corrected chi connectivity index (χ1v) is 20.3. The Morgan fingerprint density at radius 3 is 2.29 bits per heavy atom. The van der Waals surface area contributed by atoms with Crippen LogP contribution >= 0.6 is 23.2 Å². The first kappa shape index (κ1) is 38.5. The van der Waals surface area contributed by atoms with Crippen molar-refractivity contribution in [3.63, 3.8) is 0 Å². The fourth-order valence-corrected chi connectivity index (χ4v) is 9.20. The lowest BCUT2D eigenvalue weighted by Gasteiger charge is -2.39. The molecule has 7 heterocycles. The normalized spacial score (nSPS) is 19.3. The highest BCUT2D eigenvalue weighted by molar-refractivity contribution is 6.35. The van der Waals surface area contributed by atoms with Crippen molar-refractivity contribution in [1.29, 1.82) is 0 Å². The van der Waals surface area contributed by atoms with E-state index in [1.165, 1.54) is 0 Å². The highest BCUT2D eigenvalue weighted by Gasteiger charge is 2.45. The molecule has 5 aromatic rings. The first-order valence-electron chi connectivity index (χ1n) is 19.6. The Kier molecular flexibility index (Phi) is 10.2. The smallest absolute Gasteiger partial charge is 0.262 e. The predicted molar refractivity (Wildman–Crippen MR) is 219 cm³/mol. The van der Waals surface area contributed by atoms with Crippen LogP contribution in [-0.2, 0) is 14.4 Å². The number of hydrogen-bond donors (Lipinski definition) is 2. The molecule has 15 nitrogen and oxygen atoms in total. The van der Waals surface area contributed by atoms with E-state index in [1.54, 1.807) is 30.6 Å². The maximum absolute atomic E-state index is 13.7. The number of ether oxygens (including phenoxy) is 1. The average molecular weight is 837 g/mol. The van der Waals surface area contributed by atoms with Gasteiger partial charge in [-0.2, -0.15) is 5.10 Å². The summed E-state index contributed by atoms with van der Waals surface area (Å²) in [6.45, 7) is 5.52. The van der Waals surface area contributed by atoms with Crippen molar-refractivity contribution < 1.29 is 28.7 Å². The summed E-state index contributed by atoms with van der Waals surface area (Å²) in [5.74, 6) is -0.579. The Morgan fingerprint density at radius 1 is 0.831 bits per heavy atom. The Labute approximate surface area is 348 Å². The lowest BCUT2D eigenvalue weighted by Crippen LogP contribution is -2.54. The minimum atomic E-state index is -1.01. The first-order chi connectivity index (χ1) is 28.5. The molecule has 0 bridgehead atoms. The van der Waals surface area contributed by atoms with Crippen LogP contribution in [0.4, 0.5) is 11.5 Å². The fraction of sp³-hybridized carbons (Fsp3) is 0.333. The number of halogens is 2. The van der Waals surface area contributed by atoms with Crippen molar-refractivity contribution >= 4 is 75.1 Å². The number of pyridine rings is 2. The molecule has 0 spiro atoms. The average Bonchev–Trinajstić information content (AvgIpc) is 3.77. The van der Waals surface area contributed by atoms with Gasteiger partial charge in [-0.05, 0) is 74.7 Å². The van der Waals surface area contributed by atoms with E-state index in [1.807, 2.05) is 48.4 Å². The number of carbonyl (C=O) groups is 5. The van der Waals surface area contributed by atoms with E-state index in [4.69, 9.17) is 32.9 Å². The molecule has 3 fully saturated rings. The number of nitrogens with zero attached hydrogens (tertiary/aromatic N) is 7. The molecule has 4 aliphatic heterocycles. The Balaban J connectivity index is 0.783. The van der Waals surface area contributed by atoms with Crippen LogP contribution in [-0.4, -0.2) is 105 Å². The van der Waals surface area contributed by atoms with Crippen molar-refractivity contribution in [3.8, 4) is 17.0 Å². The van der Waals surface area contributed by atoms with Gasteiger partial charge in [-0.15, -0.1) is 0 Å². The number of aromatic nitrogens is 4. The zero-order valence-electron chi connectivity index (χ0n) is 32.0. The Morgan fingerprint density at radius 2 is 1.58 bits per heavy atom. The monoisotopic (exact) mass is 835 g/mol. The molecule has 0 radical (unpaired) electrons. The van der Waals surface area contributed by atoms with E-state index in [9.17, 15) is 24.0 Å². The summed E-state index contributed by atoms with van der Waals surface area (Å²) in [6, 6.07) is 13.8. The zero-order chi connectivity index (χ0) is 40.9. The van der Waals surface area contributed by atoms with Gasteiger partial charge in [0.25, 0.3) is 11.8 Å². The molecule has 1 unspecified atom stereocenters. The number of amides is 5. The van der Waals surface area contributed by atoms with Crippen LogP contribution in [0.15, 0.2) is 67.1 Å². The number of piperazine rings is 1. The lowest BCUT2D eigenvalue weighted by molar-refractivity contribution is -0.137. The van der Waals surface area contributed by atoms with Crippen molar-refractivity contribution in [2.45, 2.75) is 44.8 Å². The third-order valence-electron chi connectivity index (χ3n) is 11.7. The van der Waals surface area contributed by atoms with Crippen LogP contribution in [0.1, 0.15) is 65.0 Å². The second kappa shape index (κ2) is 15.6. The van der Waals surface area contributed by atoms with Crippen molar-refractivity contribution in [2.75, 3.05) is 49.1 Å². The van der Waals surface area contributed by atoms with Gasteiger partial charge in [0.1, 0.15) is 29.4 Å². The molecule has 0 aliphatic carbocycles. The standard InChI is InChI=1S/C42H39Cl2N9O6/c1-23(37-31(43)21-45-22-32(37)44)59-27-4-6-33-30(19-27)38(49-48-33)25-2-8-35(46-20-25)51-12-10-24(11-13-51)40(56)52-16-14-50(15-17-52)26-3-5-28-29(18-26)42(58)53(41(28)57)34-7-9-36(54)47-39(34)55/h2-6,8,18-24,34H,7,9-17H2,1H3,(H,48,49)(H,47,54,55)/t23-,34?/m1/s1. The van der Waals surface area contributed by atoms with E-state index in [-0.39, 0.29) is 35.8 Å². The van der Waals surface area contributed by atoms with E-state index in [0.717, 1.165) is 38.6 Å². The Hall–Kier alpha value is -6.06. The molecular weight excluding hydrogens is 797 g/mol. The summed E-state index contributed by atoms with van der Waals surface area (Å²) >= 11 is 12.7. The SMILES string of the molecule is C[C@@H](Oc1ccc2[nH]nc(-c3ccc(N4CCC(C(=O)N5CCN(c6ccc7c(c6)C(=O)N(C6CCC(=O)NC6=O)C7=O)CC5)CC4)nc3)c2c1)c1c(Cl)cncc1Cl. The van der Waals surface area contributed by atoms with Gasteiger partial charge < -0.3 is 19.4 Å². The minimum absolute atomic E-state index is 0.0648. The molecule has 4 aliphatic rings. The molecule has 3 aromatic heterocycles. The summed E-state index contributed by atoms with van der Waals surface area (Å²) in [4.78, 5) is 80.2. The van der Waals surface area contributed by atoms with Crippen LogP contribution < -0.4 is 19.9 Å². The number of benzene rings is 2. The van der Waals surface area contributed by atoms with E-state index < -0.39 is 35.8 Å². The van der Waals surface area contributed by atoms with Crippen molar-refractivity contribution in [3.05, 3.63) is 93.9 Å². The molecule has 5 amide bonds. The second-order valence-corrected chi connectivity index (χ2v) is 16.0. The number of piperidine rings is 2. The number of aromatic amines is 1. The topological polar surface area (TPSA) is 174 Å². The van der Waals surface area contributed by atoms with E-state index in [0.29, 0.717) is 73.5 Å². The quantitative estimate of drug-likeness (QED) is 0.191. The molecule has 17 heteroatoms. The molecular formula is C42H39Cl2N9O6. The van der Waals surface area contributed by atoms with Crippen LogP contribution in [0.2, 0.25) is 10.0 Å². The Bertz CT molecular complexity index is 2490. The van der Waals surface area contributed by atoms with Gasteiger partial charge in [0.15, 0.2) is 0 Å². The van der Waals surface area contributed by atoms with Gasteiger partial charge in [-0.25, -0.2) is 4.98 Å². The molecule has 3 saturated heterocycles. The maximum atomic E-state index is 13.7. The highest BCUT2D eigenvalue weighted by Crippen LogP contribution is 2.36. The van der Waals surface area contributed by atoms with Crippen molar-refractivity contribution in [2.24, 2.45) is 5.92 Å². The number of rotatable bonds is 8. The fourth-order valence-electron chi connectivity index (χ4n) is 8.53. The van der Waals surface area contributed by atoms with Crippen LogP contribution in [0.3, 0.4) is 0 Å². The summed E-state index contributed by atoms with van der Waals surface area (Å²) in [7, 11) is 0. The molecule has 302 valence electrons. The number of carbonyl (C=O) groups excluding carboxylic acids is 5. The molecule has 59 heavy (non-hydrogen) atoms. The largest absolute Gasteiger partial charge is 0.486 e. The van der Waals surface area contributed by atoms with Gasteiger partial charge in [-0.3, -0.25) is 44.3 Å². The van der Waals surface area contributed by atoms with Gasteiger partial charge in [0.2, 0.25) is 17.7 Å². The van der Waals surface area contributed by atoms with Gasteiger partial charge in [-0.1, -0.05) is 23.2 Å². The van der Waals surface area contributed by atoms with Crippen molar-refractivity contribution in [1.82, 2.24) is 35.3 Å². The molecule has 2 N–H and O–H groups in total. The summed E-state index contributed by atoms with van der Waals surface area (Å²) < 4.78 is 6.23. The van der Waals surface area contributed by atoms with Gasteiger partial charge in [0.05, 0.1) is 26.7 Å². The number of hydrogen-bond acceptors (Lipinski definition) is 11. The highest BCUT2D eigenvalue weighted by atomic mass is 35.5. The number of H-pyrrole nitrogens is 1. The number of nitrogens with one attached hydrogen (secondary N) is 2. The van der Waals surface area contributed by atoms with Gasteiger partial charge in [0, 0.05) is 92.4 Å². The minimum Gasteiger partial charge on any atom is -0.486 e. The van der Waals surface area contributed by atoms with Crippen LogP contribution in [0.25, 0.3) is 22.2 Å². The lowest BCUT2D eigenvalue weighted by atomic mass is 9.95. The summed E-state index contributed by atoms with van der Waals surface area (Å²) in [6.07, 6.45) is 6.10. The van der Waals surface area contributed by atoms with E-state index in [2.05, 4.69) is 30.3 Å². The third-order valence-corrected chi connectivity index (χ3v) is 12.3. The zero-order valence-corrected chi connectivity index (χ0v) is 33.5.